The maximum absolute atomic E-state index is 5.68. The van der Waals surface area contributed by atoms with Crippen LogP contribution in [0.15, 0.2) is 53.5 Å². The number of nitrogens with one attached hydrogen (secondary N) is 2. The smallest absolute Gasteiger partial charge is 0.191 e. The molecule has 0 atom stereocenters. The minimum absolute atomic E-state index is 0.00908. The normalized spacial score (nSPS) is 15.9. The van der Waals surface area contributed by atoms with E-state index in [0.717, 1.165) is 62.2 Å². The van der Waals surface area contributed by atoms with Crippen molar-refractivity contribution in [3.63, 3.8) is 0 Å². The van der Waals surface area contributed by atoms with Crippen LogP contribution in [0.4, 0.5) is 0 Å². The number of ether oxygens (including phenoxy) is 3. The molecule has 1 fully saturated rings. The number of guanidine groups is 1. The fourth-order valence-corrected chi connectivity index (χ4v) is 3.94. The molecule has 3 rings (SSSR count). The zero-order chi connectivity index (χ0) is 21.9. The Morgan fingerprint density at radius 1 is 1.03 bits per heavy atom. The molecule has 31 heavy (non-hydrogen) atoms. The molecule has 0 radical (unpaired) electrons. The van der Waals surface area contributed by atoms with E-state index in [2.05, 4.69) is 47.9 Å². The van der Waals surface area contributed by atoms with Gasteiger partial charge in [-0.15, -0.1) is 0 Å². The third-order valence-corrected chi connectivity index (χ3v) is 5.72. The lowest BCUT2D eigenvalue weighted by Crippen LogP contribution is -2.48. The van der Waals surface area contributed by atoms with Gasteiger partial charge in [0, 0.05) is 31.7 Å². The van der Waals surface area contributed by atoms with Gasteiger partial charge in [0.15, 0.2) is 5.96 Å². The third-order valence-electron chi connectivity index (χ3n) is 5.72. The Labute approximate surface area is 186 Å². The van der Waals surface area contributed by atoms with Gasteiger partial charge in [0.25, 0.3) is 0 Å². The van der Waals surface area contributed by atoms with Crippen molar-refractivity contribution < 1.29 is 14.2 Å². The number of methoxy groups -OCH3 is 1. The lowest BCUT2D eigenvalue weighted by Gasteiger charge is -2.38. The molecule has 6 heteroatoms. The van der Waals surface area contributed by atoms with E-state index in [9.17, 15) is 0 Å². The Kier molecular flexibility index (Phi) is 8.59. The molecule has 0 spiro atoms. The van der Waals surface area contributed by atoms with E-state index in [-0.39, 0.29) is 5.41 Å². The van der Waals surface area contributed by atoms with Crippen LogP contribution >= 0.6 is 0 Å². The number of benzene rings is 2. The first-order valence-corrected chi connectivity index (χ1v) is 11.2. The molecular formula is C25H35N3O3. The van der Waals surface area contributed by atoms with E-state index < -0.39 is 0 Å². The molecule has 0 bridgehead atoms. The molecular weight excluding hydrogens is 390 g/mol. The van der Waals surface area contributed by atoms with Crippen molar-refractivity contribution in [3.05, 3.63) is 59.7 Å². The predicted molar refractivity (Wildman–Crippen MR) is 125 cm³/mol. The van der Waals surface area contributed by atoms with Crippen LogP contribution in [0.2, 0.25) is 0 Å². The molecule has 1 saturated heterocycles. The van der Waals surface area contributed by atoms with E-state index in [1.54, 1.807) is 7.11 Å². The van der Waals surface area contributed by atoms with E-state index >= 15 is 0 Å². The molecule has 1 heterocycles. The molecule has 0 saturated carbocycles. The quantitative estimate of drug-likeness (QED) is 0.471. The molecule has 6 nitrogen and oxygen atoms in total. The lowest BCUT2D eigenvalue weighted by atomic mass is 9.74. The van der Waals surface area contributed by atoms with Crippen molar-refractivity contribution in [1.82, 2.24) is 10.6 Å². The first kappa shape index (κ1) is 22.9. The van der Waals surface area contributed by atoms with E-state index in [1.807, 2.05) is 25.1 Å². The van der Waals surface area contributed by atoms with Crippen LogP contribution in [-0.4, -0.2) is 46.0 Å². The zero-order valence-electron chi connectivity index (χ0n) is 18.9. The molecule has 2 aromatic carbocycles. The van der Waals surface area contributed by atoms with Crippen molar-refractivity contribution in [2.75, 3.05) is 40.0 Å². The second-order valence-corrected chi connectivity index (χ2v) is 7.75. The zero-order valence-corrected chi connectivity index (χ0v) is 18.9. The van der Waals surface area contributed by atoms with Crippen LogP contribution < -0.4 is 20.1 Å². The Morgan fingerprint density at radius 2 is 1.81 bits per heavy atom. The standard InChI is InChI=1S/C25H35N3O3/c1-4-26-24(27-18-20-7-6-8-23(17-20)29-3)28-19-25(13-15-30-16-14-25)21-9-11-22(12-10-21)31-5-2/h6-12,17H,4-5,13-16,18-19H2,1-3H3,(H2,26,27,28). The first-order chi connectivity index (χ1) is 15.2. The summed E-state index contributed by atoms with van der Waals surface area (Å²) in [5.41, 5.74) is 2.44. The minimum atomic E-state index is 0.00908. The summed E-state index contributed by atoms with van der Waals surface area (Å²) in [6.45, 7) is 8.50. The van der Waals surface area contributed by atoms with Gasteiger partial charge >= 0.3 is 0 Å². The summed E-state index contributed by atoms with van der Waals surface area (Å²) in [6, 6.07) is 16.5. The number of hydrogen-bond donors (Lipinski definition) is 2. The second-order valence-electron chi connectivity index (χ2n) is 7.75. The Balaban J connectivity index is 1.73. The Hall–Kier alpha value is -2.73. The summed E-state index contributed by atoms with van der Waals surface area (Å²) in [7, 11) is 1.68. The topological polar surface area (TPSA) is 64.1 Å². The number of aliphatic imine (C=N–C) groups is 1. The highest BCUT2D eigenvalue weighted by molar-refractivity contribution is 5.79. The molecule has 1 aliphatic heterocycles. The van der Waals surface area contributed by atoms with Crippen LogP contribution in [0.5, 0.6) is 11.5 Å². The molecule has 1 aliphatic rings. The highest BCUT2D eigenvalue weighted by Crippen LogP contribution is 2.35. The van der Waals surface area contributed by atoms with Crippen molar-refractivity contribution in [2.24, 2.45) is 4.99 Å². The average molecular weight is 426 g/mol. The van der Waals surface area contributed by atoms with Gasteiger partial charge in [-0.25, -0.2) is 4.99 Å². The maximum atomic E-state index is 5.68. The van der Waals surface area contributed by atoms with Gasteiger partial charge in [-0.1, -0.05) is 24.3 Å². The van der Waals surface area contributed by atoms with E-state index in [1.165, 1.54) is 5.56 Å². The van der Waals surface area contributed by atoms with Gasteiger partial charge in [-0.2, -0.15) is 0 Å². The summed E-state index contributed by atoms with van der Waals surface area (Å²) in [5, 5.41) is 6.96. The monoisotopic (exact) mass is 425 g/mol. The van der Waals surface area contributed by atoms with Crippen molar-refractivity contribution in [1.29, 1.82) is 0 Å². The van der Waals surface area contributed by atoms with E-state index in [4.69, 9.17) is 19.2 Å². The fraction of sp³-hybridized carbons (Fsp3) is 0.480. The largest absolute Gasteiger partial charge is 0.497 e. The lowest BCUT2D eigenvalue weighted by molar-refractivity contribution is 0.0513. The molecule has 168 valence electrons. The molecule has 0 aliphatic carbocycles. The van der Waals surface area contributed by atoms with E-state index in [0.29, 0.717) is 13.2 Å². The van der Waals surface area contributed by atoms with Crippen LogP contribution in [-0.2, 0) is 16.7 Å². The SMILES string of the molecule is CCNC(=NCc1cccc(OC)c1)NCC1(c2ccc(OCC)cc2)CCOCC1. The third kappa shape index (κ3) is 6.37. The predicted octanol–water partition coefficient (Wildman–Crippen LogP) is 3.90. The molecule has 0 unspecified atom stereocenters. The number of rotatable bonds is 9. The highest BCUT2D eigenvalue weighted by atomic mass is 16.5. The summed E-state index contributed by atoms with van der Waals surface area (Å²) in [6.07, 6.45) is 1.95. The molecule has 2 N–H and O–H groups in total. The molecule has 0 amide bonds. The minimum Gasteiger partial charge on any atom is -0.497 e. The summed E-state index contributed by atoms with van der Waals surface area (Å²) in [5.74, 6) is 2.58. The van der Waals surface area contributed by atoms with Gasteiger partial charge < -0.3 is 24.8 Å². The van der Waals surface area contributed by atoms with Crippen LogP contribution in [0.3, 0.4) is 0 Å². The van der Waals surface area contributed by atoms with Gasteiger partial charge in [-0.3, -0.25) is 0 Å². The van der Waals surface area contributed by atoms with Crippen LogP contribution in [0.25, 0.3) is 0 Å². The fourth-order valence-electron chi connectivity index (χ4n) is 3.94. The molecule has 2 aromatic rings. The number of hydrogen-bond acceptors (Lipinski definition) is 4. The van der Waals surface area contributed by atoms with Crippen molar-refractivity contribution in [2.45, 2.75) is 38.6 Å². The second kappa shape index (κ2) is 11.6. The summed E-state index contributed by atoms with van der Waals surface area (Å²) >= 11 is 0. The Morgan fingerprint density at radius 3 is 2.48 bits per heavy atom. The van der Waals surface area contributed by atoms with Crippen LogP contribution in [0.1, 0.15) is 37.8 Å². The van der Waals surface area contributed by atoms with Crippen molar-refractivity contribution >= 4 is 5.96 Å². The van der Waals surface area contributed by atoms with Crippen molar-refractivity contribution in [3.8, 4) is 11.5 Å². The molecule has 0 aromatic heterocycles. The van der Waals surface area contributed by atoms with Crippen LogP contribution in [0, 0.1) is 0 Å². The van der Waals surface area contributed by atoms with Gasteiger partial charge in [0.2, 0.25) is 0 Å². The first-order valence-electron chi connectivity index (χ1n) is 11.2. The number of nitrogens with zero attached hydrogens (tertiary/aromatic N) is 1. The average Bonchev–Trinajstić information content (AvgIpc) is 2.82. The highest BCUT2D eigenvalue weighted by Gasteiger charge is 2.34. The van der Waals surface area contributed by atoms with Gasteiger partial charge in [0.05, 0.1) is 20.3 Å². The summed E-state index contributed by atoms with van der Waals surface area (Å²) in [4.78, 5) is 4.79. The van der Waals surface area contributed by atoms with Gasteiger partial charge in [0.1, 0.15) is 11.5 Å². The maximum Gasteiger partial charge on any atom is 0.191 e. The van der Waals surface area contributed by atoms with Gasteiger partial charge in [-0.05, 0) is 62.1 Å². The Bertz CT molecular complexity index is 830. The summed E-state index contributed by atoms with van der Waals surface area (Å²) < 4.78 is 16.6.